The molecule has 0 aromatic carbocycles. The molecule has 1 saturated heterocycles. The van der Waals surface area contributed by atoms with E-state index in [-0.39, 0.29) is 0 Å². The van der Waals surface area contributed by atoms with E-state index in [2.05, 4.69) is 9.80 Å². The van der Waals surface area contributed by atoms with Crippen LogP contribution in [0.1, 0.15) is 12.8 Å². The lowest BCUT2D eigenvalue weighted by molar-refractivity contribution is -0.119. The van der Waals surface area contributed by atoms with Gasteiger partial charge in [0.05, 0.1) is 6.04 Å². The molecule has 1 aliphatic heterocycles. The zero-order chi connectivity index (χ0) is 11.3. The van der Waals surface area contributed by atoms with Gasteiger partial charge < -0.3 is 21.3 Å². The van der Waals surface area contributed by atoms with Crippen LogP contribution in [0.25, 0.3) is 0 Å². The Morgan fingerprint density at radius 1 is 1.47 bits per heavy atom. The maximum Gasteiger partial charge on any atom is 0.235 e. The second-order valence-corrected chi connectivity index (χ2v) is 4.32. The summed E-state index contributed by atoms with van der Waals surface area (Å²) < 4.78 is 0. The number of likely N-dealkylation sites (tertiary alicyclic amines) is 1. The Kier molecular flexibility index (Phi) is 5.01. The predicted octanol–water partition coefficient (Wildman–Crippen LogP) is -1.17. The molecular formula is C10H22N4O. The van der Waals surface area contributed by atoms with E-state index in [4.69, 9.17) is 11.5 Å². The van der Waals surface area contributed by atoms with Gasteiger partial charge in [-0.1, -0.05) is 0 Å². The van der Waals surface area contributed by atoms with Gasteiger partial charge in [-0.05, 0) is 33.0 Å². The molecule has 15 heavy (non-hydrogen) atoms. The standard InChI is InChI=1S/C10H22N4O/c1-13(8-9(11)10(12)15)6-7-14-4-2-3-5-14/h9H,2-8,11H2,1H3,(H2,12,15). The molecule has 0 spiro atoms. The van der Waals surface area contributed by atoms with E-state index in [9.17, 15) is 4.79 Å². The second-order valence-electron chi connectivity index (χ2n) is 4.32. The highest BCUT2D eigenvalue weighted by Gasteiger charge is 2.14. The Morgan fingerprint density at radius 3 is 2.60 bits per heavy atom. The van der Waals surface area contributed by atoms with Crippen molar-refractivity contribution in [2.75, 3.05) is 39.8 Å². The van der Waals surface area contributed by atoms with Crippen LogP contribution in [0.2, 0.25) is 0 Å². The number of hydrogen-bond acceptors (Lipinski definition) is 4. The molecular weight excluding hydrogens is 192 g/mol. The van der Waals surface area contributed by atoms with Gasteiger partial charge in [-0.25, -0.2) is 0 Å². The Morgan fingerprint density at radius 2 is 2.07 bits per heavy atom. The molecule has 0 radical (unpaired) electrons. The van der Waals surface area contributed by atoms with E-state index >= 15 is 0 Å². The lowest BCUT2D eigenvalue weighted by atomic mass is 10.3. The molecule has 1 rings (SSSR count). The largest absolute Gasteiger partial charge is 0.368 e. The van der Waals surface area contributed by atoms with Crippen molar-refractivity contribution in [3.63, 3.8) is 0 Å². The monoisotopic (exact) mass is 214 g/mol. The molecule has 0 saturated carbocycles. The molecule has 1 heterocycles. The summed E-state index contributed by atoms with van der Waals surface area (Å²) in [5, 5.41) is 0. The summed E-state index contributed by atoms with van der Waals surface area (Å²) >= 11 is 0. The van der Waals surface area contributed by atoms with Gasteiger partial charge in [0.2, 0.25) is 5.91 Å². The van der Waals surface area contributed by atoms with Gasteiger partial charge in [-0.3, -0.25) is 4.79 Å². The van der Waals surface area contributed by atoms with Gasteiger partial charge >= 0.3 is 0 Å². The minimum Gasteiger partial charge on any atom is -0.368 e. The van der Waals surface area contributed by atoms with E-state index in [0.717, 1.165) is 13.1 Å². The van der Waals surface area contributed by atoms with Crippen molar-refractivity contribution in [2.24, 2.45) is 11.5 Å². The number of carbonyl (C=O) groups excluding carboxylic acids is 1. The quantitative estimate of drug-likeness (QED) is 0.584. The predicted molar refractivity (Wildman–Crippen MR) is 60.3 cm³/mol. The summed E-state index contributed by atoms with van der Waals surface area (Å²) in [6.07, 6.45) is 2.62. The molecule has 0 bridgehead atoms. The average Bonchev–Trinajstić information content (AvgIpc) is 2.66. The van der Waals surface area contributed by atoms with E-state index in [1.807, 2.05) is 7.05 Å². The zero-order valence-corrected chi connectivity index (χ0v) is 9.48. The highest BCUT2D eigenvalue weighted by molar-refractivity contribution is 5.79. The number of primary amides is 1. The van der Waals surface area contributed by atoms with Crippen LogP contribution in [-0.2, 0) is 4.79 Å². The van der Waals surface area contributed by atoms with E-state index < -0.39 is 11.9 Å². The molecule has 1 aliphatic rings. The molecule has 4 N–H and O–H groups in total. The number of amides is 1. The molecule has 1 amide bonds. The number of nitrogens with zero attached hydrogens (tertiary/aromatic N) is 2. The molecule has 1 atom stereocenters. The molecule has 0 aromatic rings. The summed E-state index contributed by atoms with van der Waals surface area (Å²) in [6, 6.07) is -0.548. The van der Waals surface area contributed by atoms with E-state index in [1.54, 1.807) is 0 Å². The summed E-state index contributed by atoms with van der Waals surface area (Å²) in [5.41, 5.74) is 10.7. The average molecular weight is 214 g/mol. The molecule has 5 nitrogen and oxygen atoms in total. The lowest BCUT2D eigenvalue weighted by Crippen LogP contribution is -2.46. The Bertz CT molecular complexity index is 204. The first-order chi connectivity index (χ1) is 7.09. The van der Waals surface area contributed by atoms with E-state index in [1.165, 1.54) is 25.9 Å². The minimum absolute atomic E-state index is 0.428. The van der Waals surface area contributed by atoms with Crippen LogP contribution in [0, 0.1) is 0 Å². The molecule has 0 aliphatic carbocycles. The topological polar surface area (TPSA) is 75.6 Å². The van der Waals surface area contributed by atoms with Crippen LogP contribution in [0.5, 0.6) is 0 Å². The highest BCUT2D eigenvalue weighted by Crippen LogP contribution is 2.06. The van der Waals surface area contributed by atoms with Gasteiger partial charge in [-0.2, -0.15) is 0 Å². The zero-order valence-electron chi connectivity index (χ0n) is 9.48. The molecule has 5 heteroatoms. The van der Waals surface area contributed by atoms with Gasteiger partial charge in [0, 0.05) is 19.6 Å². The van der Waals surface area contributed by atoms with Crippen LogP contribution in [-0.4, -0.2) is 61.5 Å². The Hall–Kier alpha value is -0.650. The van der Waals surface area contributed by atoms with Crippen LogP contribution in [0.4, 0.5) is 0 Å². The van der Waals surface area contributed by atoms with Crippen LogP contribution in [0.3, 0.4) is 0 Å². The van der Waals surface area contributed by atoms with Crippen molar-refractivity contribution in [1.82, 2.24) is 9.80 Å². The summed E-state index contributed by atoms with van der Waals surface area (Å²) in [7, 11) is 1.97. The van der Waals surface area contributed by atoms with Crippen molar-refractivity contribution in [3.8, 4) is 0 Å². The third kappa shape index (κ3) is 4.59. The van der Waals surface area contributed by atoms with Gasteiger partial charge in [0.1, 0.15) is 0 Å². The van der Waals surface area contributed by atoms with Gasteiger partial charge in [0.25, 0.3) is 0 Å². The summed E-state index contributed by atoms with van der Waals surface area (Å²) in [5.74, 6) is -0.428. The number of rotatable bonds is 6. The Labute approximate surface area is 91.4 Å². The SMILES string of the molecule is CN(CCN1CCCC1)CC(N)C(N)=O. The molecule has 1 fully saturated rings. The fourth-order valence-corrected chi connectivity index (χ4v) is 1.84. The molecule has 0 aromatic heterocycles. The van der Waals surface area contributed by atoms with Crippen molar-refractivity contribution < 1.29 is 4.79 Å². The fourth-order valence-electron chi connectivity index (χ4n) is 1.84. The van der Waals surface area contributed by atoms with E-state index in [0.29, 0.717) is 6.54 Å². The number of likely N-dealkylation sites (N-methyl/N-ethyl adjacent to an activating group) is 1. The number of hydrogen-bond donors (Lipinski definition) is 2. The molecule has 1 unspecified atom stereocenters. The maximum absolute atomic E-state index is 10.8. The van der Waals surface area contributed by atoms with Gasteiger partial charge in [0.15, 0.2) is 0 Å². The number of nitrogens with two attached hydrogens (primary N) is 2. The smallest absolute Gasteiger partial charge is 0.235 e. The number of carbonyl (C=O) groups is 1. The fraction of sp³-hybridized carbons (Fsp3) is 0.900. The minimum atomic E-state index is -0.548. The van der Waals surface area contributed by atoms with Crippen LogP contribution < -0.4 is 11.5 Å². The van der Waals surface area contributed by atoms with Crippen molar-refractivity contribution in [3.05, 3.63) is 0 Å². The van der Waals surface area contributed by atoms with Crippen LogP contribution in [0.15, 0.2) is 0 Å². The lowest BCUT2D eigenvalue weighted by Gasteiger charge is -2.22. The first kappa shape index (κ1) is 12.4. The van der Waals surface area contributed by atoms with Crippen molar-refractivity contribution >= 4 is 5.91 Å². The van der Waals surface area contributed by atoms with Crippen molar-refractivity contribution in [2.45, 2.75) is 18.9 Å². The Balaban J connectivity index is 2.12. The maximum atomic E-state index is 10.8. The highest BCUT2D eigenvalue weighted by atomic mass is 16.1. The normalized spacial score (nSPS) is 19.7. The third-order valence-corrected chi connectivity index (χ3v) is 2.87. The summed E-state index contributed by atoms with van der Waals surface area (Å²) in [4.78, 5) is 15.3. The second kappa shape index (κ2) is 6.05. The van der Waals surface area contributed by atoms with Gasteiger partial charge in [-0.15, -0.1) is 0 Å². The van der Waals surface area contributed by atoms with Crippen LogP contribution >= 0.6 is 0 Å². The molecule has 88 valence electrons. The first-order valence-corrected chi connectivity index (χ1v) is 5.55. The summed E-state index contributed by atoms with van der Waals surface area (Å²) in [6.45, 7) is 4.96. The van der Waals surface area contributed by atoms with Crippen molar-refractivity contribution in [1.29, 1.82) is 0 Å². The first-order valence-electron chi connectivity index (χ1n) is 5.55. The third-order valence-electron chi connectivity index (χ3n) is 2.87.